The van der Waals surface area contributed by atoms with E-state index in [4.69, 9.17) is 5.73 Å². The number of primary amides is 1. The van der Waals surface area contributed by atoms with E-state index in [0.717, 1.165) is 12.8 Å². The number of hydrogen-bond acceptors (Lipinski definition) is 3. The van der Waals surface area contributed by atoms with Gasteiger partial charge in [-0.05, 0) is 37.3 Å². The zero-order valence-corrected chi connectivity index (χ0v) is 9.52. The van der Waals surface area contributed by atoms with E-state index >= 15 is 0 Å². The Morgan fingerprint density at radius 1 is 1.25 bits per heavy atom. The fraction of sp³-hybridized carbons (Fsp3) is 0.400. The van der Waals surface area contributed by atoms with Gasteiger partial charge in [-0.2, -0.15) is 0 Å². The second-order valence-electron chi connectivity index (χ2n) is 3.71. The highest BCUT2D eigenvalue weighted by atomic mass is 32.1. The predicted molar refractivity (Wildman–Crippen MR) is 61.1 cm³/mol. The van der Waals surface area contributed by atoms with E-state index in [1.165, 1.54) is 34.6 Å². The molecular weight excluding hydrogens is 226 g/mol. The summed E-state index contributed by atoms with van der Waals surface area (Å²) in [5.74, 6) is -0.307. The molecule has 1 aliphatic carbocycles. The van der Waals surface area contributed by atoms with Crippen LogP contribution in [0.15, 0.2) is 6.07 Å². The molecule has 16 heavy (non-hydrogen) atoms. The van der Waals surface area contributed by atoms with Crippen molar-refractivity contribution in [3.8, 4) is 0 Å². The molecule has 0 spiro atoms. The first-order valence-electron chi connectivity index (χ1n) is 5.14. The molecule has 0 aromatic carbocycles. The minimum absolute atomic E-state index is 0.307. The fourth-order valence-electron chi connectivity index (χ4n) is 1.78. The second-order valence-corrected chi connectivity index (χ2v) is 4.85. The van der Waals surface area contributed by atoms with E-state index in [9.17, 15) is 9.59 Å². The van der Waals surface area contributed by atoms with Crippen molar-refractivity contribution in [1.29, 1.82) is 0 Å². The van der Waals surface area contributed by atoms with Crippen molar-refractivity contribution in [2.45, 2.75) is 25.7 Å². The third-order valence-electron chi connectivity index (χ3n) is 2.52. The van der Waals surface area contributed by atoms with Gasteiger partial charge in [-0.1, -0.05) is 0 Å². The molecule has 0 fully saturated rings. The van der Waals surface area contributed by atoms with Crippen LogP contribution in [0.1, 0.15) is 33.0 Å². The van der Waals surface area contributed by atoms with Gasteiger partial charge in [-0.25, -0.2) is 10.2 Å². The summed E-state index contributed by atoms with van der Waals surface area (Å²) in [5.41, 5.74) is 10.4. The summed E-state index contributed by atoms with van der Waals surface area (Å²) < 4.78 is 0. The Kier molecular flexibility index (Phi) is 3.09. The van der Waals surface area contributed by atoms with Crippen LogP contribution in [0.25, 0.3) is 0 Å². The summed E-state index contributed by atoms with van der Waals surface area (Å²) in [6, 6.07) is 1.13. The molecule has 0 bridgehead atoms. The Labute approximate surface area is 97.0 Å². The smallest absolute Gasteiger partial charge is 0.330 e. The first kappa shape index (κ1) is 10.9. The number of fused-ring (bicyclic) bond motifs is 1. The van der Waals surface area contributed by atoms with Crippen molar-refractivity contribution in [3.63, 3.8) is 0 Å². The number of amides is 3. The maximum absolute atomic E-state index is 11.6. The number of thiophene rings is 1. The number of nitrogens with one attached hydrogen (secondary N) is 2. The fourth-order valence-corrected chi connectivity index (χ4v) is 2.93. The van der Waals surface area contributed by atoms with Gasteiger partial charge in [0.25, 0.3) is 5.91 Å². The van der Waals surface area contributed by atoms with Crippen molar-refractivity contribution in [2.24, 2.45) is 5.73 Å². The highest BCUT2D eigenvalue weighted by molar-refractivity contribution is 7.14. The number of hydrogen-bond donors (Lipinski definition) is 3. The average molecular weight is 239 g/mol. The van der Waals surface area contributed by atoms with Crippen molar-refractivity contribution >= 4 is 23.3 Å². The number of aryl methyl sites for hydroxylation is 2. The molecule has 1 aliphatic rings. The van der Waals surface area contributed by atoms with Gasteiger partial charge in [0.2, 0.25) is 0 Å². The van der Waals surface area contributed by atoms with Crippen LogP contribution in [-0.4, -0.2) is 11.9 Å². The van der Waals surface area contributed by atoms with Crippen molar-refractivity contribution in [2.75, 3.05) is 0 Å². The lowest BCUT2D eigenvalue weighted by Crippen LogP contribution is -2.44. The minimum Gasteiger partial charge on any atom is -0.350 e. The molecule has 0 saturated carbocycles. The first-order valence-corrected chi connectivity index (χ1v) is 5.96. The van der Waals surface area contributed by atoms with Crippen molar-refractivity contribution in [1.82, 2.24) is 10.9 Å². The van der Waals surface area contributed by atoms with E-state index in [0.29, 0.717) is 4.88 Å². The third-order valence-corrected chi connectivity index (χ3v) is 3.76. The van der Waals surface area contributed by atoms with Gasteiger partial charge in [-0.15, -0.1) is 11.3 Å². The highest BCUT2D eigenvalue weighted by Gasteiger charge is 2.17. The maximum Gasteiger partial charge on any atom is 0.330 e. The molecule has 3 amide bonds. The molecule has 2 rings (SSSR count). The minimum atomic E-state index is -0.769. The van der Waals surface area contributed by atoms with Crippen LogP contribution in [0, 0.1) is 0 Å². The molecule has 1 aromatic rings. The summed E-state index contributed by atoms with van der Waals surface area (Å²) in [4.78, 5) is 23.9. The van der Waals surface area contributed by atoms with Crippen LogP contribution in [0.3, 0.4) is 0 Å². The molecule has 0 unspecified atom stereocenters. The first-order chi connectivity index (χ1) is 7.66. The molecule has 0 aliphatic heterocycles. The Balaban J connectivity index is 2.06. The van der Waals surface area contributed by atoms with Crippen molar-refractivity contribution in [3.05, 3.63) is 21.4 Å². The monoisotopic (exact) mass is 239 g/mol. The van der Waals surface area contributed by atoms with Gasteiger partial charge in [0, 0.05) is 4.88 Å². The van der Waals surface area contributed by atoms with Gasteiger partial charge in [0.15, 0.2) is 0 Å². The molecule has 1 aromatic heterocycles. The van der Waals surface area contributed by atoms with E-state index in [1.54, 1.807) is 0 Å². The Hall–Kier alpha value is -1.56. The van der Waals surface area contributed by atoms with Crippen LogP contribution >= 0.6 is 11.3 Å². The van der Waals surface area contributed by atoms with E-state index in [1.807, 2.05) is 6.07 Å². The topological polar surface area (TPSA) is 84.2 Å². The van der Waals surface area contributed by atoms with Gasteiger partial charge >= 0.3 is 6.03 Å². The third kappa shape index (κ3) is 2.33. The lowest BCUT2D eigenvalue weighted by atomic mass is 9.99. The molecule has 6 heteroatoms. The molecule has 86 valence electrons. The van der Waals surface area contributed by atoms with Crippen LogP contribution in [0.5, 0.6) is 0 Å². The summed E-state index contributed by atoms with van der Waals surface area (Å²) in [5, 5.41) is 0. The molecule has 0 radical (unpaired) electrons. The van der Waals surface area contributed by atoms with E-state index in [2.05, 4.69) is 10.9 Å². The summed E-state index contributed by atoms with van der Waals surface area (Å²) in [6.45, 7) is 0. The number of nitrogens with two attached hydrogens (primary N) is 1. The summed E-state index contributed by atoms with van der Waals surface area (Å²) in [6.07, 6.45) is 4.47. The number of carbonyl (C=O) groups excluding carboxylic acids is 2. The highest BCUT2D eigenvalue weighted by Crippen LogP contribution is 2.29. The number of hydrazine groups is 1. The summed E-state index contributed by atoms with van der Waals surface area (Å²) >= 11 is 1.49. The van der Waals surface area contributed by atoms with Gasteiger partial charge in [0.05, 0.1) is 4.88 Å². The largest absolute Gasteiger partial charge is 0.350 e. The predicted octanol–water partition coefficient (Wildman–Crippen LogP) is 0.940. The van der Waals surface area contributed by atoms with Crippen LogP contribution in [0.4, 0.5) is 4.79 Å². The molecule has 5 nitrogen and oxygen atoms in total. The number of rotatable bonds is 1. The molecule has 0 atom stereocenters. The van der Waals surface area contributed by atoms with E-state index in [-0.39, 0.29) is 5.91 Å². The standard InChI is InChI=1S/C10H13N3O2S/c11-10(15)13-12-9(14)8-5-6-3-1-2-4-7(6)16-8/h5H,1-4H2,(H,12,14)(H3,11,13,15). The maximum atomic E-state index is 11.6. The van der Waals surface area contributed by atoms with Gasteiger partial charge < -0.3 is 5.73 Å². The lowest BCUT2D eigenvalue weighted by Gasteiger charge is -2.08. The number of urea groups is 1. The molecule has 4 N–H and O–H groups in total. The van der Waals surface area contributed by atoms with Crippen molar-refractivity contribution < 1.29 is 9.59 Å². The summed E-state index contributed by atoms with van der Waals surface area (Å²) in [7, 11) is 0. The average Bonchev–Trinajstić information content (AvgIpc) is 2.69. The SMILES string of the molecule is NC(=O)NNC(=O)c1cc2c(s1)CCCC2. The van der Waals surface area contributed by atoms with Gasteiger partial charge in [-0.3, -0.25) is 10.2 Å². The molecule has 0 saturated heterocycles. The molecular formula is C10H13N3O2S. The quantitative estimate of drug-likeness (QED) is 0.637. The van der Waals surface area contributed by atoms with Crippen LogP contribution < -0.4 is 16.6 Å². The van der Waals surface area contributed by atoms with E-state index < -0.39 is 6.03 Å². The van der Waals surface area contributed by atoms with Gasteiger partial charge in [0.1, 0.15) is 0 Å². The normalized spacial score (nSPS) is 14.0. The Morgan fingerprint density at radius 2 is 2.00 bits per heavy atom. The number of carbonyl (C=O) groups is 2. The Bertz CT molecular complexity index is 404. The lowest BCUT2D eigenvalue weighted by molar-refractivity contribution is 0.0941. The zero-order chi connectivity index (χ0) is 11.5. The Morgan fingerprint density at radius 3 is 2.69 bits per heavy atom. The van der Waals surface area contributed by atoms with Crippen LogP contribution in [0.2, 0.25) is 0 Å². The zero-order valence-electron chi connectivity index (χ0n) is 8.71. The van der Waals surface area contributed by atoms with Crippen LogP contribution in [-0.2, 0) is 12.8 Å². The molecule has 1 heterocycles. The second kappa shape index (κ2) is 4.52.